The zero-order valence-corrected chi connectivity index (χ0v) is 20.4. The van der Waals surface area contributed by atoms with Crippen molar-refractivity contribution in [1.29, 1.82) is 0 Å². The predicted octanol–water partition coefficient (Wildman–Crippen LogP) is 3.30. The second kappa shape index (κ2) is 10.4. The first-order valence-corrected chi connectivity index (χ1v) is 11.9. The molecule has 0 aliphatic carbocycles. The summed E-state index contributed by atoms with van der Waals surface area (Å²) in [5, 5.41) is 3.35. The van der Waals surface area contributed by atoms with Crippen LogP contribution in [0, 0.1) is 5.92 Å². The largest absolute Gasteiger partial charge is 0.447 e. The third-order valence-electron chi connectivity index (χ3n) is 6.61. The van der Waals surface area contributed by atoms with Crippen molar-refractivity contribution in [2.45, 2.75) is 46.3 Å². The topological polar surface area (TPSA) is 90.9 Å². The van der Waals surface area contributed by atoms with E-state index in [9.17, 15) is 9.59 Å². The van der Waals surface area contributed by atoms with Gasteiger partial charge >= 0.3 is 6.09 Å². The summed E-state index contributed by atoms with van der Waals surface area (Å²) in [6.45, 7) is 12.5. The van der Waals surface area contributed by atoms with E-state index < -0.39 is 0 Å². The Kier molecular flexibility index (Phi) is 7.31. The van der Waals surface area contributed by atoms with Crippen LogP contribution in [-0.4, -0.2) is 70.6 Å². The van der Waals surface area contributed by atoms with Crippen LogP contribution in [0.3, 0.4) is 0 Å². The third-order valence-corrected chi connectivity index (χ3v) is 6.61. The van der Waals surface area contributed by atoms with Gasteiger partial charge in [0.2, 0.25) is 11.9 Å². The molecular formula is C25H34N6O3. The molecule has 2 aliphatic rings. The number of rotatable bonds is 7. The van der Waals surface area contributed by atoms with Crippen molar-refractivity contribution in [2.75, 3.05) is 43.0 Å². The van der Waals surface area contributed by atoms with Crippen LogP contribution in [0.15, 0.2) is 36.5 Å². The number of nitrogens with one attached hydrogen (secondary N) is 1. The number of ether oxygens (including phenoxy) is 1. The van der Waals surface area contributed by atoms with Crippen molar-refractivity contribution >= 4 is 23.8 Å². The molecule has 2 aliphatic heterocycles. The molecule has 0 bridgehead atoms. The molecule has 0 radical (unpaired) electrons. The van der Waals surface area contributed by atoms with Gasteiger partial charge in [0.25, 0.3) is 0 Å². The number of cyclic esters (lactones) is 1. The Labute approximate surface area is 201 Å². The van der Waals surface area contributed by atoms with Gasteiger partial charge in [0, 0.05) is 45.8 Å². The van der Waals surface area contributed by atoms with Gasteiger partial charge in [-0.1, -0.05) is 38.1 Å². The van der Waals surface area contributed by atoms with Crippen LogP contribution < -0.4 is 10.2 Å². The van der Waals surface area contributed by atoms with E-state index in [-0.39, 0.29) is 30.0 Å². The summed E-state index contributed by atoms with van der Waals surface area (Å²) in [7, 11) is 0. The summed E-state index contributed by atoms with van der Waals surface area (Å²) in [5.41, 5.74) is 2.37. The van der Waals surface area contributed by atoms with Crippen LogP contribution in [0.2, 0.25) is 0 Å². The van der Waals surface area contributed by atoms with Crippen LogP contribution in [0.25, 0.3) is 0 Å². The summed E-state index contributed by atoms with van der Waals surface area (Å²) in [6, 6.07) is 10.2. The molecule has 2 aromatic rings. The van der Waals surface area contributed by atoms with Gasteiger partial charge in [0.05, 0.1) is 12.1 Å². The van der Waals surface area contributed by atoms with Gasteiger partial charge in [-0.3, -0.25) is 14.6 Å². The number of nitrogens with zero attached hydrogens (tertiary/aromatic N) is 5. The number of aromatic nitrogens is 2. The molecule has 2 fully saturated rings. The molecule has 34 heavy (non-hydrogen) atoms. The number of benzene rings is 1. The third kappa shape index (κ3) is 5.47. The van der Waals surface area contributed by atoms with Crippen molar-refractivity contribution in [3.8, 4) is 0 Å². The average molecular weight is 467 g/mol. The Hall–Kier alpha value is -3.20. The monoisotopic (exact) mass is 466 g/mol. The van der Waals surface area contributed by atoms with Crippen LogP contribution in [0.5, 0.6) is 0 Å². The number of amides is 2. The van der Waals surface area contributed by atoms with E-state index in [1.54, 1.807) is 24.1 Å². The van der Waals surface area contributed by atoms with Crippen molar-refractivity contribution in [3.05, 3.63) is 47.7 Å². The first-order chi connectivity index (χ1) is 16.3. The standard InChI is InChI=1S/C25H34N6O3/c1-17(2)22-16-34-25(33)31(22)23-9-10-26-24(28-23)27-18(3)21-7-5-20(6-8-21)15-29-11-13-30(14-12-29)19(4)32/h5-10,17-18,22H,11-16H2,1-4H3,(H,26,27,28)/t18-,22?/m0/s1. The number of carbonyl (C=O) groups excluding carboxylic acids is 2. The summed E-state index contributed by atoms with van der Waals surface area (Å²) >= 11 is 0. The van der Waals surface area contributed by atoms with E-state index in [0.29, 0.717) is 18.4 Å². The van der Waals surface area contributed by atoms with E-state index in [2.05, 4.69) is 65.2 Å². The van der Waals surface area contributed by atoms with Gasteiger partial charge in [-0.25, -0.2) is 9.78 Å². The van der Waals surface area contributed by atoms with Crippen molar-refractivity contribution < 1.29 is 14.3 Å². The fourth-order valence-electron chi connectivity index (χ4n) is 4.41. The van der Waals surface area contributed by atoms with Gasteiger partial charge in [-0.05, 0) is 30.0 Å². The minimum atomic E-state index is -0.366. The highest BCUT2D eigenvalue weighted by molar-refractivity contribution is 5.89. The molecule has 182 valence electrons. The maximum atomic E-state index is 12.3. The molecule has 0 saturated carbocycles. The molecule has 1 aromatic heterocycles. The van der Waals surface area contributed by atoms with Crippen LogP contribution in [0.1, 0.15) is 44.9 Å². The van der Waals surface area contributed by atoms with Gasteiger partial charge in [-0.15, -0.1) is 0 Å². The Bertz CT molecular complexity index is 1000. The smallest absolute Gasteiger partial charge is 0.415 e. The van der Waals surface area contributed by atoms with Crippen LogP contribution in [-0.2, 0) is 16.1 Å². The van der Waals surface area contributed by atoms with Crippen molar-refractivity contribution in [1.82, 2.24) is 19.8 Å². The van der Waals surface area contributed by atoms with Crippen LogP contribution >= 0.6 is 0 Å². The summed E-state index contributed by atoms with van der Waals surface area (Å²) < 4.78 is 5.25. The molecule has 3 heterocycles. The van der Waals surface area contributed by atoms with E-state index in [4.69, 9.17) is 4.74 Å². The van der Waals surface area contributed by atoms with Gasteiger partial charge < -0.3 is 15.0 Å². The highest BCUT2D eigenvalue weighted by atomic mass is 16.6. The highest BCUT2D eigenvalue weighted by Crippen LogP contribution is 2.27. The molecule has 1 N–H and O–H groups in total. The number of carbonyl (C=O) groups is 2. The molecule has 4 rings (SSSR count). The van der Waals surface area contributed by atoms with E-state index in [0.717, 1.165) is 38.3 Å². The summed E-state index contributed by atoms with van der Waals surface area (Å²) in [5.74, 6) is 1.43. The lowest BCUT2D eigenvalue weighted by molar-refractivity contribution is -0.130. The first-order valence-electron chi connectivity index (χ1n) is 11.9. The number of anilines is 2. The molecule has 1 aromatic carbocycles. The number of piperazine rings is 1. The fourth-order valence-corrected chi connectivity index (χ4v) is 4.41. The second-order valence-electron chi connectivity index (χ2n) is 9.39. The van der Waals surface area contributed by atoms with E-state index in [1.165, 1.54) is 5.56 Å². The van der Waals surface area contributed by atoms with Gasteiger partial charge in [0.15, 0.2) is 0 Å². The van der Waals surface area contributed by atoms with Crippen LogP contribution in [0.4, 0.5) is 16.6 Å². The molecular weight excluding hydrogens is 432 g/mol. The van der Waals surface area contributed by atoms with Gasteiger partial charge in [-0.2, -0.15) is 4.98 Å². The molecule has 2 atom stereocenters. The minimum absolute atomic E-state index is 0.00478. The molecule has 2 amide bonds. The van der Waals surface area contributed by atoms with Crippen molar-refractivity contribution in [3.63, 3.8) is 0 Å². The van der Waals surface area contributed by atoms with Gasteiger partial charge in [0.1, 0.15) is 12.4 Å². The zero-order chi connectivity index (χ0) is 24.2. The molecule has 9 nitrogen and oxygen atoms in total. The first kappa shape index (κ1) is 23.9. The van der Waals surface area contributed by atoms with E-state index >= 15 is 0 Å². The van der Waals surface area contributed by atoms with Crippen molar-refractivity contribution in [2.24, 2.45) is 5.92 Å². The second-order valence-corrected chi connectivity index (χ2v) is 9.39. The average Bonchev–Trinajstić information content (AvgIpc) is 3.22. The Morgan fingerprint density at radius 2 is 1.82 bits per heavy atom. The lowest BCUT2D eigenvalue weighted by Gasteiger charge is -2.34. The molecule has 1 unspecified atom stereocenters. The minimum Gasteiger partial charge on any atom is -0.447 e. The summed E-state index contributed by atoms with van der Waals surface area (Å²) in [4.78, 5) is 38.6. The fraction of sp³-hybridized carbons (Fsp3) is 0.520. The summed E-state index contributed by atoms with van der Waals surface area (Å²) in [6.07, 6.45) is 1.30. The van der Waals surface area contributed by atoms with E-state index in [1.807, 2.05) is 4.90 Å². The lowest BCUT2D eigenvalue weighted by atomic mass is 10.0. The lowest BCUT2D eigenvalue weighted by Crippen LogP contribution is -2.47. The highest BCUT2D eigenvalue weighted by Gasteiger charge is 2.37. The number of hydrogen-bond donors (Lipinski definition) is 1. The molecule has 0 spiro atoms. The molecule has 9 heteroatoms. The number of hydrogen-bond acceptors (Lipinski definition) is 7. The molecule has 2 saturated heterocycles. The Balaban J connectivity index is 1.36. The Morgan fingerprint density at radius 3 is 2.47 bits per heavy atom. The quantitative estimate of drug-likeness (QED) is 0.670. The normalized spacial score (nSPS) is 19.9. The maximum absolute atomic E-state index is 12.3. The Morgan fingerprint density at radius 1 is 1.12 bits per heavy atom. The predicted molar refractivity (Wildman–Crippen MR) is 130 cm³/mol. The maximum Gasteiger partial charge on any atom is 0.415 e. The zero-order valence-electron chi connectivity index (χ0n) is 20.4. The SMILES string of the molecule is CC(=O)N1CCN(Cc2ccc([C@H](C)Nc3nccc(N4C(=O)OCC4C(C)C)n3)cc2)CC1.